The summed E-state index contributed by atoms with van der Waals surface area (Å²) in [6.07, 6.45) is 4.20. The third kappa shape index (κ3) is 3.23. The van der Waals surface area contributed by atoms with Crippen molar-refractivity contribution in [1.82, 2.24) is 10.2 Å². The third-order valence-corrected chi connectivity index (χ3v) is 4.50. The van der Waals surface area contributed by atoms with Gasteiger partial charge in [-0.3, -0.25) is 9.59 Å². The predicted molar refractivity (Wildman–Crippen MR) is 80.8 cm³/mol. The highest BCUT2D eigenvalue weighted by Crippen LogP contribution is 2.38. The zero-order valence-corrected chi connectivity index (χ0v) is 13.7. The molecule has 0 aromatic heterocycles. The van der Waals surface area contributed by atoms with E-state index in [1.165, 1.54) is 0 Å². The minimum absolute atomic E-state index is 0.0298. The van der Waals surface area contributed by atoms with Gasteiger partial charge in [-0.15, -0.1) is 0 Å². The second-order valence-electron chi connectivity index (χ2n) is 7.12. The van der Waals surface area contributed by atoms with E-state index in [4.69, 9.17) is 4.74 Å². The molecular weight excluding hydrogens is 268 g/mol. The van der Waals surface area contributed by atoms with Gasteiger partial charge in [0.25, 0.3) is 0 Å². The summed E-state index contributed by atoms with van der Waals surface area (Å²) < 4.78 is 5.76. The number of ether oxygens (including phenoxy) is 1. The number of nitrogens with one attached hydrogen (secondary N) is 1. The van der Waals surface area contributed by atoms with Gasteiger partial charge in [-0.05, 0) is 40.0 Å². The number of carbonyl (C=O) groups excluding carboxylic acids is 2. The number of hydrogen-bond acceptors (Lipinski definition) is 3. The van der Waals surface area contributed by atoms with Crippen LogP contribution in [0.3, 0.4) is 0 Å². The second-order valence-corrected chi connectivity index (χ2v) is 7.12. The topological polar surface area (TPSA) is 58.6 Å². The maximum atomic E-state index is 12.7. The molecule has 1 heterocycles. The monoisotopic (exact) mass is 296 g/mol. The van der Waals surface area contributed by atoms with Crippen LogP contribution in [0.25, 0.3) is 0 Å². The molecule has 0 radical (unpaired) electrons. The zero-order chi connectivity index (χ0) is 15.7. The minimum Gasteiger partial charge on any atom is -0.374 e. The third-order valence-electron chi connectivity index (χ3n) is 4.50. The average Bonchev–Trinajstić information content (AvgIpc) is 2.87. The molecule has 1 N–H and O–H groups in total. The maximum Gasteiger partial charge on any atom is 0.246 e. The molecule has 1 saturated heterocycles. The Bertz CT molecular complexity index is 408. The summed E-state index contributed by atoms with van der Waals surface area (Å²) in [5.41, 5.74) is -0.849. The number of carbonyl (C=O) groups is 2. The summed E-state index contributed by atoms with van der Waals surface area (Å²) >= 11 is 0. The molecular formula is C16H28N2O3. The van der Waals surface area contributed by atoms with Crippen molar-refractivity contribution in [2.75, 3.05) is 13.2 Å². The van der Waals surface area contributed by atoms with Gasteiger partial charge in [0.1, 0.15) is 11.6 Å². The van der Waals surface area contributed by atoms with E-state index in [2.05, 4.69) is 5.32 Å². The van der Waals surface area contributed by atoms with Crippen molar-refractivity contribution in [2.24, 2.45) is 0 Å². The van der Waals surface area contributed by atoms with E-state index in [0.717, 1.165) is 25.7 Å². The molecule has 1 aliphatic carbocycles. The first-order valence-electron chi connectivity index (χ1n) is 8.06. The smallest absolute Gasteiger partial charge is 0.246 e. The average molecular weight is 296 g/mol. The lowest BCUT2D eigenvalue weighted by atomic mass is 9.89. The molecule has 1 atom stereocenters. The van der Waals surface area contributed by atoms with Crippen LogP contribution in [-0.4, -0.2) is 47.0 Å². The van der Waals surface area contributed by atoms with Crippen LogP contribution < -0.4 is 5.32 Å². The summed E-state index contributed by atoms with van der Waals surface area (Å²) in [5, 5.41) is 2.91. The molecule has 5 heteroatoms. The number of rotatable bonds is 4. The van der Waals surface area contributed by atoms with E-state index < -0.39 is 5.54 Å². The fourth-order valence-corrected chi connectivity index (χ4v) is 3.38. The Morgan fingerprint density at radius 3 is 2.43 bits per heavy atom. The molecule has 1 spiro atoms. The highest BCUT2D eigenvalue weighted by Gasteiger charge is 2.53. The van der Waals surface area contributed by atoms with Crippen molar-refractivity contribution in [3.63, 3.8) is 0 Å². The van der Waals surface area contributed by atoms with Crippen molar-refractivity contribution in [1.29, 1.82) is 0 Å². The molecule has 2 fully saturated rings. The quantitative estimate of drug-likeness (QED) is 0.861. The van der Waals surface area contributed by atoms with Crippen molar-refractivity contribution < 1.29 is 14.3 Å². The Labute approximate surface area is 127 Å². The van der Waals surface area contributed by atoms with E-state index in [1.54, 1.807) is 4.90 Å². The van der Waals surface area contributed by atoms with Crippen molar-refractivity contribution in [3.8, 4) is 0 Å². The van der Waals surface area contributed by atoms with Gasteiger partial charge in [-0.25, -0.2) is 0 Å². The van der Waals surface area contributed by atoms with E-state index in [9.17, 15) is 9.59 Å². The minimum atomic E-state index is -0.621. The first kappa shape index (κ1) is 16.3. The van der Waals surface area contributed by atoms with Crippen LogP contribution in [0.15, 0.2) is 0 Å². The Morgan fingerprint density at radius 2 is 1.90 bits per heavy atom. The normalized spacial score (nSPS) is 25.5. The molecule has 1 saturated carbocycles. The first-order valence-corrected chi connectivity index (χ1v) is 8.06. The lowest BCUT2D eigenvalue weighted by molar-refractivity contribution is -0.159. The summed E-state index contributed by atoms with van der Waals surface area (Å²) in [4.78, 5) is 27.0. The maximum absolute atomic E-state index is 12.7. The molecule has 5 nitrogen and oxygen atoms in total. The molecule has 2 aliphatic rings. The first-order chi connectivity index (χ1) is 9.80. The lowest BCUT2D eigenvalue weighted by Crippen LogP contribution is -2.70. The van der Waals surface area contributed by atoms with Crippen LogP contribution >= 0.6 is 0 Å². The Balaban J connectivity index is 2.14. The van der Waals surface area contributed by atoms with Crippen molar-refractivity contribution in [3.05, 3.63) is 0 Å². The van der Waals surface area contributed by atoms with Gasteiger partial charge in [0.05, 0.1) is 12.2 Å². The molecule has 120 valence electrons. The van der Waals surface area contributed by atoms with Crippen LogP contribution in [0, 0.1) is 0 Å². The van der Waals surface area contributed by atoms with Gasteiger partial charge in [-0.1, -0.05) is 19.8 Å². The van der Waals surface area contributed by atoms with E-state index >= 15 is 0 Å². The number of hydrogen-bond donors (Lipinski definition) is 1. The molecule has 0 bridgehead atoms. The highest BCUT2D eigenvalue weighted by atomic mass is 16.5. The van der Waals surface area contributed by atoms with E-state index in [0.29, 0.717) is 19.6 Å². The Hall–Kier alpha value is -1.10. The fourth-order valence-electron chi connectivity index (χ4n) is 3.38. The Kier molecular flexibility index (Phi) is 4.61. The van der Waals surface area contributed by atoms with Crippen LogP contribution in [0.5, 0.6) is 0 Å². The molecule has 2 rings (SSSR count). The van der Waals surface area contributed by atoms with Crippen LogP contribution in [0.4, 0.5) is 0 Å². The number of amides is 2. The summed E-state index contributed by atoms with van der Waals surface area (Å²) in [5.74, 6) is 0.0821. The largest absolute Gasteiger partial charge is 0.374 e. The van der Waals surface area contributed by atoms with Gasteiger partial charge >= 0.3 is 0 Å². The SMILES string of the molecule is CCC1NC(=O)C2(CCCC2)N(CCOC(C)(C)C)C1=O. The summed E-state index contributed by atoms with van der Waals surface area (Å²) in [6, 6.07) is -0.377. The molecule has 21 heavy (non-hydrogen) atoms. The van der Waals surface area contributed by atoms with Gasteiger partial charge in [0.2, 0.25) is 11.8 Å². The Morgan fingerprint density at radius 1 is 1.29 bits per heavy atom. The molecule has 2 amide bonds. The van der Waals surface area contributed by atoms with Gasteiger partial charge in [0, 0.05) is 6.54 Å². The van der Waals surface area contributed by atoms with Crippen molar-refractivity contribution in [2.45, 2.75) is 77.0 Å². The van der Waals surface area contributed by atoms with Crippen LogP contribution in [0.2, 0.25) is 0 Å². The standard InChI is InChI=1S/C16H28N2O3/c1-5-12-13(19)18(10-11-21-15(2,3)4)16(14(20)17-12)8-6-7-9-16/h12H,5-11H2,1-4H3,(H,17,20). The van der Waals surface area contributed by atoms with Gasteiger partial charge < -0.3 is 15.0 Å². The predicted octanol–water partition coefficient (Wildman–Crippen LogP) is 1.85. The molecule has 1 aliphatic heterocycles. The lowest BCUT2D eigenvalue weighted by Gasteiger charge is -2.46. The van der Waals surface area contributed by atoms with Crippen LogP contribution in [-0.2, 0) is 14.3 Å². The van der Waals surface area contributed by atoms with E-state index in [1.807, 2.05) is 27.7 Å². The van der Waals surface area contributed by atoms with Crippen molar-refractivity contribution >= 4 is 11.8 Å². The zero-order valence-electron chi connectivity index (χ0n) is 13.7. The molecule has 0 aromatic carbocycles. The molecule has 1 unspecified atom stereocenters. The second kappa shape index (κ2) is 5.95. The van der Waals surface area contributed by atoms with Crippen LogP contribution in [0.1, 0.15) is 59.8 Å². The fraction of sp³-hybridized carbons (Fsp3) is 0.875. The summed E-state index contributed by atoms with van der Waals surface area (Å²) in [6.45, 7) is 8.90. The van der Waals surface area contributed by atoms with Gasteiger partial charge in [0.15, 0.2) is 0 Å². The molecule has 0 aromatic rings. The van der Waals surface area contributed by atoms with E-state index in [-0.39, 0.29) is 23.5 Å². The summed E-state index contributed by atoms with van der Waals surface area (Å²) in [7, 11) is 0. The van der Waals surface area contributed by atoms with Gasteiger partial charge in [-0.2, -0.15) is 0 Å². The number of nitrogens with zero attached hydrogens (tertiary/aromatic N) is 1. The number of piperazine rings is 1. The highest BCUT2D eigenvalue weighted by molar-refractivity contribution is 6.00.